The van der Waals surface area contributed by atoms with Gasteiger partial charge in [0.15, 0.2) is 0 Å². The zero-order chi connectivity index (χ0) is 10.5. The topological polar surface area (TPSA) is 12.0 Å². The molecule has 1 saturated heterocycles. The number of halogens is 2. The third kappa shape index (κ3) is 1.49. The lowest BCUT2D eigenvalue weighted by Crippen LogP contribution is -2.31. The minimum Gasteiger partial charge on any atom is -0.316 e. The summed E-state index contributed by atoms with van der Waals surface area (Å²) in [6.45, 7) is 2.27. The summed E-state index contributed by atoms with van der Waals surface area (Å²) in [5, 5.41) is 4.78. The predicted molar refractivity (Wildman–Crippen MR) is 63.7 cm³/mol. The number of rotatable bonds is 1. The first-order valence-electron chi connectivity index (χ1n) is 5.39. The maximum absolute atomic E-state index is 6.07. The first kappa shape index (κ1) is 9.95. The van der Waals surface area contributed by atoms with E-state index in [0.717, 1.165) is 19.0 Å². The maximum Gasteiger partial charge on any atom is 0.0595 e. The molecular weight excluding hydrogens is 229 g/mol. The van der Waals surface area contributed by atoms with Crippen LogP contribution in [0.5, 0.6) is 0 Å². The van der Waals surface area contributed by atoms with E-state index in [-0.39, 0.29) is 0 Å². The van der Waals surface area contributed by atoms with Crippen LogP contribution in [0.1, 0.15) is 18.4 Å². The number of hydrogen-bond acceptors (Lipinski definition) is 1. The molecule has 0 aromatic heterocycles. The van der Waals surface area contributed by atoms with E-state index >= 15 is 0 Å². The quantitative estimate of drug-likeness (QED) is 0.797. The number of fused-ring (bicyclic) bond motifs is 1. The van der Waals surface area contributed by atoms with Crippen LogP contribution in [0, 0.1) is 5.92 Å². The Hall–Kier alpha value is -0.240. The van der Waals surface area contributed by atoms with Gasteiger partial charge >= 0.3 is 0 Å². The highest BCUT2D eigenvalue weighted by atomic mass is 35.5. The molecule has 2 aliphatic rings. The normalized spacial score (nSPS) is 33.6. The van der Waals surface area contributed by atoms with Crippen molar-refractivity contribution in [2.45, 2.75) is 18.3 Å². The zero-order valence-electron chi connectivity index (χ0n) is 8.39. The molecule has 15 heavy (non-hydrogen) atoms. The van der Waals surface area contributed by atoms with Crippen LogP contribution in [0.3, 0.4) is 0 Å². The van der Waals surface area contributed by atoms with Crippen molar-refractivity contribution in [1.29, 1.82) is 0 Å². The number of piperidine rings is 1. The third-order valence-corrected chi connectivity index (χ3v) is 4.60. The molecule has 1 nitrogen and oxygen atoms in total. The van der Waals surface area contributed by atoms with E-state index in [1.165, 1.54) is 18.4 Å². The average Bonchev–Trinajstić information content (AvgIpc) is 2.97. The molecule has 0 unspecified atom stereocenters. The van der Waals surface area contributed by atoms with E-state index in [1.807, 2.05) is 6.07 Å². The summed E-state index contributed by atoms with van der Waals surface area (Å²) < 4.78 is 0. The van der Waals surface area contributed by atoms with Crippen molar-refractivity contribution >= 4 is 23.2 Å². The summed E-state index contributed by atoms with van der Waals surface area (Å²) in [6, 6.07) is 6.11. The van der Waals surface area contributed by atoms with Crippen LogP contribution in [0.2, 0.25) is 10.0 Å². The van der Waals surface area contributed by atoms with Crippen LogP contribution in [0.4, 0.5) is 0 Å². The standard InChI is InChI=1S/C12H13Cl2N/c13-10-2-1-8(5-11(10)14)12-3-4-15-7-9(12)6-12/h1-2,5,9,15H,3-4,6-7H2/t9-,12-/m1/s1. The van der Waals surface area contributed by atoms with Gasteiger partial charge in [0.2, 0.25) is 0 Å². The Morgan fingerprint density at radius 2 is 2.13 bits per heavy atom. The summed E-state index contributed by atoms with van der Waals surface area (Å²) in [6.07, 6.45) is 2.54. The maximum atomic E-state index is 6.07. The smallest absolute Gasteiger partial charge is 0.0595 e. The molecule has 3 rings (SSSR count). The molecule has 2 fully saturated rings. The summed E-state index contributed by atoms with van der Waals surface area (Å²) >= 11 is 12.0. The van der Waals surface area contributed by atoms with Crippen LogP contribution in [-0.4, -0.2) is 13.1 Å². The van der Waals surface area contributed by atoms with Gasteiger partial charge in [0.05, 0.1) is 10.0 Å². The van der Waals surface area contributed by atoms with Crippen LogP contribution in [0.25, 0.3) is 0 Å². The molecule has 0 spiro atoms. The lowest BCUT2D eigenvalue weighted by atomic mass is 9.88. The minimum atomic E-state index is 0.416. The summed E-state index contributed by atoms with van der Waals surface area (Å²) in [4.78, 5) is 0. The van der Waals surface area contributed by atoms with E-state index in [2.05, 4.69) is 17.4 Å². The molecule has 0 bridgehead atoms. The molecular formula is C12H13Cl2N. The van der Waals surface area contributed by atoms with E-state index < -0.39 is 0 Å². The molecule has 1 aromatic rings. The van der Waals surface area contributed by atoms with Gasteiger partial charge < -0.3 is 5.32 Å². The monoisotopic (exact) mass is 241 g/mol. The Labute approximate surface area is 99.8 Å². The SMILES string of the molecule is Clc1ccc([C@]23CCNC[C@H]2C3)cc1Cl. The number of hydrogen-bond donors (Lipinski definition) is 1. The van der Waals surface area contributed by atoms with Crippen LogP contribution in [-0.2, 0) is 5.41 Å². The molecule has 1 N–H and O–H groups in total. The second-order valence-electron chi connectivity index (χ2n) is 4.64. The van der Waals surface area contributed by atoms with Crippen LogP contribution in [0.15, 0.2) is 18.2 Å². The predicted octanol–water partition coefficient (Wildman–Crippen LogP) is 3.24. The highest BCUT2D eigenvalue weighted by Crippen LogP contribution is 2.58. The Morgan fingerprint density at radius 3 is 2.87 bits per heavy atom. The lowest BCUT2D eigenvalue weighted by molar-refractivity contribution is 0.445. The molecule has 1 aliphatic heterocycles. The first-order chi connectivity index (χ1) is 7.22. The van der Waals surface area contributed by atoms with Crippen LogP contribution < -0.4 is 5.32 Å². The summed E-state index contributed by atoms with van der Waals surface area (Å²) in [5.41, 5.74) is 1.79. The largest absolute Gasteiger partial charge is 0.316 e. The van der Waals surface area contributed by atoms with Crippen molar-refractivity contribution in [2.75, 3.05) is 13.1 Å². The highest BCUT2D eigenvalue weighted by molar-refractivity contribution is 6.42. The molecule has 1 heterocycles. The number of nitrogens with one attached hydrogen (secondary N) is 1. The van der Waals surface area contributed by atoms with Gasteiger partial charge in [0.1, 0.15) is 0 Å². The van der Waals surface area contributed by atoms with Gasteiger partial charge in [-0.2, -0.15) is 0 Å². The molecule has 1 aliphatic carbocycles. The van der Waals surface area contributed by atoms with Crippen molar-refractivity contribution in [3.63, 3.8) is 0 Å². The fourth-order valence-corrected chi connectivity index (χ4v) is 3.14. The fourth-order valence-electron chi connectivity index (χ4n) is 2.85. The van der Waals surface area contributed by atoms with Gasteiger partial charge in [0, 0.05) is 5.41 Å². The summed E-state index contributed by atoms with van der Waals surface area (Å²) in [7, 11) is 0. The molecule has 0 radical (unpaired) electrons. The fraction of sp³-hybridized carbons (Fsp3) is 0.500. The van der Waals surface area contributed by atoms with Crippen molar-refractivity contribution in [2.24, 2.45) is 5.92 Å². The van der Waals surface area contributed by atoms with Crippen molar-refractivity contribution in [3.8, 4) is 0 Å². The van der Waals surface area contributed by atoms with Crippen LogP contribution >= 0.6 is 23.2 Å². The minimum absolute atomic E-state index is 0.416. The van der Waals surface area contributed by atoms with Crippen molar-refractivity contribution in [3.05, 3.63) is 33.8 Å². The molecule has 2 atom stereocenters. The Bertz CT molecular complexity index is 405. The van der Waals surface area contributed by atoms with E-state index in [9.17, 15) is 0 Å². The molecule has 0 amide bonds. The zero-order valence-corrected chi connectivity index (χ0v) is 9.91. The van der Waals surface area contributed by atoms with E-state index in [1.54, 1.807) is 0 Å². The van der Waals surface area contributed by atoms with Gasteiger partial charge in [-0.3, -0.25) is 0 Å². The number of benzene rings is 1. The second-order valence-corrected chi connectivity index (χ2v) is 5.45. The molecule has 80 valence electrons. The Balaban J connectivity index is 1.96. The molecule has 1 aromatic carbocycles. The Morgan fingerprint density at radius 1 is 1.27 bits per heavy atom. The van der Waals surface area contributed by atoms with Crippen molar-refractivity contribution < 1.29 is 0 Å². The lowest BCUT2D eigenvalue weighted by Gasteiger charge is -2.23. The summed E-state index contributed by atoms with van der Waals surface area (Å²) in [5.74, 6) is 0.809. The van der Waals surface area contributed by atoms with Gasteiger partial charge in [-0.1, -0.05) is 29.3 Å². The van der Waals surface area contributed by atoms with Gasteiger partial charge in [-0.15, -0.1) is 0 Å². The van der Waals surface area contributed by atoms with Gasteiger partial charge in [0.25, 0.3) is 0 Å². The first-order valence-corrected chi connectivity index (χ1v) is 6.14. The Kier molecular flexibility index (Phi) is 2.24. The van der Waals surface area contributed by atoms with Crippen molar-refractivity contribution in [1.82, 2.24) is 5.32 Å². The molecule has 3 heteroatoms. The average molecular weight is 242 g/mol. The highest BCUT2D eigenvalue weighted by Gasteiger charge is 2.55. The second kappa shape index (κ2) is 3.38. The molecule has 1 saturated carbocycles. The third-order valence-electron chi connectivity index (χ3n) is 3.87. The van der Waals surface area contributed by atoms with Gasteiger partial charge in [-0.25, -0.2) is 0 Å². The van der Waals surface area contributed by atoms with E-state index in [0.29, 0.717) is 15.5 Å². The van der Waals surface area contributed by atoms with Gasteiger partial charge in [-0.05, 0) is 49.5 Å². The van der Waals surface area contributed by atoms with E-state index in [4.69, 9.17) is 23.2 Å².